The summed E-state index contributed by atoms with van der Waals surface area (Å²) in [5.41, 5.74) is 0. The van der Waals surface area contributed by atoms with Crippen LogP contribution >= 0.6 is 51.6 Å². The van der Waals surface area contributed by atoms with Crippen LogP contribution in [0.4, 0.5) is 0 Å². The quantitative estimate of drug-likeness (QED) is 0.781. The maximum atomic E-state index is 8.80. The topological polar surface area (TPSA) is 40.5 Å². The zero-order chi connectivity index (χ0) is 7.72. The molecule has 6 heteroatoms. The average Bonchev–Trinajstić information content (AvgIpc) is 2.10. The first kappa shape index (κ1) is 9.10. The molecule has 0 amide bonds. The van der Waals surface area contributed by atoms with Gasteiger partial charge in [0.15, 0.2) is 0 Å². The van der Waals surface area contributed by atoms with Crippen LogP contribution in [0.3, 0.4) is 0 Å². The Balaban J connectivity index is 3.03. The lowest BCUT2D eigenvalue weighted by atomic mass is 10.7. The summed E-state index contributed by atoms with van der Waals surface area (Å²) in [6, 6.07) is 1.79. The minimum Gasteiger partial charge on any atom is -0.346 e. The van der Waals surface area contributed by atoms with E-state index in [1.165, 1.54) is 11.3 Å². The average molecular weight is 306 g/mol. The molecule has 56 valence electrons. The molecule has 0 aliphatic heterocycles. The van der Waals surface area contributed by atoms with Gasteiger partial charge in [-0.1, -0.05) is 0 Å². The number of thiophene rings is 1. The van der Waals surface area contributed by atoms with Crippen LogP contribution in [0.5, 0.6) is 0 Å². The fourth-order valence-electron chi connectivity index (χ4n) is 0.468. The third-order valence-corrected chi connectivity index (χ3v) is 4.82. The van der Waals surface area contributed by atoms with Crippen molar-refractivity contribution in [2.24, 2.45) is 0 Å². The van der Waals surface area contributed by atoms with E-state index in [1.807, 2.05) is 0 Å². The van der Waals surface area contributed by atoms with Gasteiger partial charge in [0.1, 0.15) is 0 Å². The van der Waals surface area contributed by atoms with Crippen LogP contribution in [0, 0.1) is 0 Å². The highest BCUT2D eigenvalue weighted by molar-refractivity contribution is 9.11. The van der Waals surface area contributed by atoms with Gasteiger partial charge in [-0.15, -0.1) is 11.3 Å². The summed E-state index contributed by atoms with van der Waals surface area (Å²) in [5, 5.41) is 0. The van der Waals surface area contributed by atoms with Crippen LogP contribution in [0.15, 0.2) is 14.3 Å². The van der Waals surface area contributed by atoms with Crippen LogP contribution in [0.25, 0.3) is 0 Å². The molecule has 0 radical (unpaired) electrons. The van der Waals surface area contributed by atoms with Crippen molar-refractivity contribution in [2.45, 2.75) is 0 Å². The van der Waals surface area contributed by atoms with Gasteiger partial charge in [0.25, 0.3) is 0 Å². The van der Waals surface area contributed by atoms with E-state index in [0.29, 0.717) is 4.62 Å². The Kier molecular flexibility index (Phi) is 3.28. The normalized spacial score (nSPS) is 10.9. The van der Waals surface area contributed by atoms with E-state index >= 15 is 0 Å². The van der Waals surface area contributed by atoms with Crippen molar-refractivity contribution in [3.05, 3.63) is 14.3 Å². The molecule has 0 atom stereocenters. The van der Waals surface area contributed by atoms with Crippen molar-refractivity contribution in [1.29, 1.82) is 0 Å². The van der Waals surface area contributed by atoms with Gasteiger partial charge < -0.3 is 9.79 Å². The third kappa shape index (κ3) is 2.00. The molecule has 0 fully saturated rings. The largest absolute Gasteiger partial charge is 0.346 e. The Morgan fingerprint density at radius 2 is 2.00 bits per heavy atom. The molecule has 1 rings (SSSR count). The molecule has 2 nitrogen and oxygen atoms in total. The zero-order valence-corrected chi connectivity index (χ0v) is 9.47. The van der Waals surface area contributed by atoms with Gasteiger partial charge in [0, 0.05) is 4.47 Å². The van der Waals surface area contributed by atoms with Crippen molar-refractivity contribution in [2.75, 3.05) is 0 Å². The smallest absolute Gasteiger partial charge is 0.211 e. The first-order valence-corrected chi connectivity index (χ1v) is 5.89. The first-order chi connectivity index (χ1) is 4.61. The van der Waals surface area contributed by atoms with Gasteiger partial charge in [-0.3, -0.25) is 0 Å². The van der Waals surface area contributed by atoms with Crippen LogP contribution < -0.4 is 4.62 Å². The van der Waals surface area contributed by atoms with E-state index in [9.17, 15) is 0 Å². The molecule has 0 aliphatic rings. The standard InChI is InChI=1S/C4H3Br2O2PS/c5-2-1-3(6)10-4(2)9(7)8/h1,7-8H. The zero-order valence-electron chi connectivity index (χ0n) is 4.58. The summed E-state index contributed by atoms with van der Waals surface area (Å²) in [7, 11) is -1.95. The Labute approximate surface area is 80.1 Å². The van der Waals surface area contributed by atoms with Crippen molar-refractivity contribution < 1.29 is 9.79 Å². The molecule has 0 spiro atoms. The van der Waals surface area contributed by atoms with Gasteiger partial charge in [-0.05, 0) is 37.9 Å². The highest BCUT2D eigenvalue weighted by Crippen LogP contribution is 2.34. The molecule has 0 aliphatic carbocycles. The molecule has 1 heterocycles. The maximum Gasteiger partial charge on any atom is 0.211 e. The highest BCUT2D eigenvalue weighted by atomic mass is 79.9. The molecule has 1 aromatic heterocycles. The number of hydrogen-bond acceptors (Lipinski definition) is 3. The van der Waals surface area contributed by atoms with Crippen molar-refractivity contribution in [3.8, 4) is 0 Å². The predicted octanol–water partition coefficient (Wildman–Crippen LogP) is 2.19. The minimum atomic E-state index is -1.95. The second-order valence-electron chi connectivity index (χ2n) is 1.49. The van der Waals surface area contributed by atoms with Gasteiger partial charge in [-0.2, -0.15) is 0 Å². The molecule has 10 heavy (non-hydrogen) atoms. The van der Waals surface area contributed by atoms with Gasteiger partial charge in [0.05, 0.1) is 8.40 Å². The molecule has 1 aromatic rings. The van der Waals surface area contributed by atoms with E-state index in [1.54, 1.807) is 6.07 Å². The summed E-state index contributed by atoms with van der Waals surface area (Å²) >= 11 is 7.74. The molecule has 0 bridgehead atoms. The van der Waals surface area contributed by atoms with Crippen molar-refractivity contribution >= 4 is 56.2 Å². The summed E-state index contributed by atoms with van der Waals surface area (Å²) in [5.74, 6) is 0. The Morgan fingerprint density at radius 3 is 2.20 bits per heavy atom. The lowest BCUT2D eigenvalue weighted by Crippen LogP contribution is -1.92. The molecule has 0 unspecified atom stereocenters. The van der Waals surface area contributed by atoms with E-state index in [4.69, 9.17) is 9.79 Å². The summed E-state index contributed by atoms with van der Waals surface area (Å²) < 4.78 is 2.23. The Morgan fingerprint density at radius 1 is 1.40 bits per heavy atom. The van der Waals surface area contributed by atoms with Crippen molar-refractivity contribution in [3.63, 3.8) is 0 Å². The fraction of sp³-hybridized carbons (Fsp3) is 0. The number of hydrogen-bond donors (Lipinski definition) is 2. The van der Waals surface area contributed by atoms with E-state index in [2.05, 4.69) is 31.9 Å². The molecular formula is C4H3Br2O2PS. The summed E-state index contributed by atoms with van der Waals surface area (Å²) in [6.07, 6.45) is 0. The van der Waals surface area contributed by atoms with Crippen LogP contribution in [0.2, 0.25) is 0 Å². The van der Waals surface area contributed by atoms with Crippen LogP contribution in [-0.2, 0) is 0 Å². The van der Waals surface area contributed by atoms with Gasteiger partial charge in [0.2, 0.25) is 8.38 Å². The number of rotatable bonds is 1. The molecule has 0 aromatic carbocycles. The monoisotopic (exact) mass is 304 g/mol. The second-order valence-corrected chi connectivity index (χ2v) is 6.11. The highest BCUT2D eigenvalue weighted by Gasteiger charge is 2.12. The van der Waals surface area contributed by atoms with E-state index in [0.717, 1.165) is 8.26 Å². The predicted molar refractivity (Wildman–Crippen MR) is 50.7 cm³/mol. The lowest BCUT2D eigenvalue weighted by molar-refractivity contribution is 0.497. The Hall–Kier alpha value is 1.01. The molecule has 0 saturated carbocycles. The molecular weight excluding hydrogens is 303 g/mol. The van der Waals surface area contributed by atoms with Gasteiger partial charge in [-0.25, -0.2) is 0 Å². The second kappa shape index (κ2) is 3.61. The maximum absolute atomic E-state index is 8.80. The Bertz CT molecular complexity index is 237. The van der Waals surface area contributed by atoms with Gasteiger partial charge >= 0.3 is 0 Å². The van der Waals surface area contributed by atoms with Crippen LogP contribution in [-0.4, -0.2) is 9.79 Å². The first-order valence-electron chi connectivity index (χ1n) is 2.24. The van der Waals surface area contributed by atoms with Crippen molar-refractivity contribution in [1.82, 2.24) is 0 Å². The SMILES string of the molecule is OP(O)c1sc(Br)cc1Br. The number of halogens is 2. The summed E-state index contributed by atoms with van der Waals surface area (Å²) in [4.78, 5) is 17.6. The fourth-order valence-corrected chi connectivity index (χ4v) is 4.36. The van der Waals surface area contributed by atoms with Crippen LogP contribution in [0.1, 0.15) is 0 Å². The molecule has 2 N–H and O–H groups in total. The van der Waals surface area contributed by atoms with E-state index in [-0.39, 0.29) is 0 Å². The van der Waals surface area contributed by atoms with E-state index < -0.39 is 8.38 Å². The third-order valence-electron chi connectivity index (χ3n) is 0.820. The summed E-state index contributed by atoms with van der Waals surface area (Å²) in [6.45, 7) is 0. The lowest BCUT2D eigenvalue weighted by Gasteiger charge is -1.96. The minimum absolute atomic E-state index is 0.585. The molecule has 0 saturated heterocycles.